The van der Waals surface area contributed by atoms with E-state index in [9.17, 15) is 9.59 Å². The second-order valence-electron chi connectivity index (χ2n) is 8.28. The van der Waals surface area contributed by atoms with Crippen molar-refractivity contribution in [3.8, 4) is 0 Å². The number of nitrogens with one attached hydrogen (secondary N) is 1. The van der Waals surface area contributed by atoms with E-state index in [1.807, 2.05) is 36.4 Å². The summed E-state index contributed by atoms with van der Waals surface area (Å²) in [6, 6.07) is 23.7. The number of furan rings is 1. The van der Waals surface area contributed by atoms with Crippen LogP contribution in [0.1, 0.15) is 52.8 Å². The van der Waals surface area contributed by atoms with E-state index in [4.69, 9.17) is 4.42 Å². The second kappa shape index (κ2) is 7.64. The molecule has 0 unspecified atom stereocenters. The third-order valence-corrected chi connectivity index (χ3v) is 5.09. The summed E-state index contributed by atoms with van der Waals surface area (Å²) in [4.78, 5) is 26.0. The van der Waals surface area contributed by atoms with Gasteiger partial charge in [0.1, 0.15) is 5.58 Å². The lowest BCUT2D eigenvalue weighted by Gasteiger charge is -2.19. The van der Waals surface area contributed by atoms with Crippen LogP contribution in [0.15, 0.2) is 83.3 Å². The van der Waals surface area contributed by atoms with Crippen LogP contribution in [-0.2, 0) is 5.41 Å². The largest absolute Gasteiger partial charge is 0.450 e. The number of hydrogen-bond donors (Lipinski definition) is 1. The van der Waals surface area contributed by atoms with E-state index in [0.29, 0.717) is 27.8 Å². The first kappa shape index (κ1) is 19.6. The quantitative estimate of drug-likeness (QED) is 0.416. The van der Waals surface area contributed by atoms with Crippen molar-refractivity contribution < 1.29 is 14.0 Å². The van der Waals surface area contributed by atoms with Crippen molar-refractivity contribution in [2.45, 2.75) is 26.2 Å². The molecule has 1 heterocycles. The van der Waals surface area contributed by atoms with Crippen LogP contribution >= 0.6 is 0 Å². The first-order chi connectivity index (χ1) is 14.3. The molecule has 30 heavy (non-hydrogen) atoms. The molecular weight excluding hydrogens is 374 g/mol. The summed E-state index contributed by atoms with van der Waals surface area (Å²) < 4.78 is 5.85. The van der Waals surface area contributed by atoms with Crippen molar-refractivity contribution in [3.63, 3.8) is 0 Å². The first-order valence-corrected chi connectivity index (χ1v) is 9.88. The number of amides is 1. The second-order valence-corrected chi connectivity index (χ2v) is 8.28. The van der Waals surface area contributed by atoms with Crippen LogP contribution in [0.5, 0.6) is 0 Å². The molecule has 150 valence electrons. The summed E-state index contributed by atoms with van der Waals surface area (Å²) in [7, 11) is 0. The Morgan fingerprint density at radius 3 is 2.07 bits per heavy atom. The molecule has 0 fully saturated rings. The van der Waals surface area contributed by atoms with Crippen molar-refractivity contribution in [2.24, 2.45) is 0 Å². The number of carbonyl (C=O) groups is 2. The fraction of sp³-hybridized carbons (Fsp3) is 0.154. The van der Waals surface area contributed by atoms with Crippen LogP contribution in [0.4, 0.5) is 5.69 Å². The average molecular weight is 397 g/mol. The lowest BCUT2D eigenvalue weighted by Crippen LogP contribution is -2.15. The van der Waals surface area contributed by atoms with Gasteiger partial charge in [0.25, 0.3) is 5.91 Å². The Hall–Kier alpha value is -3.66. The highest BCUT2D eigenvalue weighted by atomic mass is 16.3. The minimum atomic E-state index is -0.288. The third-order valence-electron chi connectivity index (χ3n) is 5.09. The molecule has 0 aliphatic rings. The Bertz CT molecular complexity index is 1210. The molecule has 4 nitrogen and oxygen atoms in total. The Kier molecular flexibility index (Phi) is 5.00. The van der Waals surface area contributed by atoms with Gasteiger partial charge in [-0.1, -0.05) is 75.4 Å². The summed E-state index contributed by atoms with van der Waals surface area (Å²) in [6.45, 7) is 6.38. The molecule has 4 heteroatoms. The molecule has 0 radical (unpaired) electrons. The van der Waals surface area contributed by atoms with Crippen molar-refractivity contribution >= 4 is 28.3 Å². The standard InChI is InChI=1S/C26H23NO3/c1-26(2,3)19-15-13-18(14-16-19)25(29)27-22-20-11-7-8-12-21(20)30-24(22)23(28)17-9-5-4-6-10-17/h4-16H,1-3H3,(H,27,29). The number of fused-ring (bicyclic) bond motifs is 1. The molecule has 0 saturated carbocycles. The summed E-state index contributed by atoms with van der Waals surface area (Å²) in [5, 5.41) is 3.60. The van der Waals surface area contributed by atoms with Gasteiger partial charge >= 0.3 is 0 Å². The fourth-order valence-corrected chi connectivity index (χ4v) is 3.36. The Morgan fingerprint density at radius 2 is 1.40 bits per heavy atom. The average Bonchev–Trinajstić information content (AvgIpc) is 3.11. The molecule has 3 aromatic carbocycles. The van der Waals surface area contributed by atoms with Gasteiger partial charge in [0, 0.05) is 16.5 Å². The lowest BCUT2D eigenvalue weighted by atomic mass is 9.86. The maximum absolute atomic E-state index is 13.1. The van der Waals surface area contributed by atoms with Crippen LogP contribution in [0, 0.1) is 0 Å². The molecule has 0 aliphatic heterocycles. The topological polar surface area (TPSA) is 59.3 Å². The monoisotopic (exact) mass is 397 g/mol. The van der Waals surface area contributed by atoms with Crippen LogP contribution < -0.4 is 5.32 Å². The molecule has 1 amide bonds. The maximum Gasteiger partial charge on any atom is 0.255 e. The van der Waals surface area contributed by atoms with Crippen molar-refractivity contribution in [2.75, 3.05) is 5.32 Å². The zero-order chi connectivity index (χ0) is 21.3. The molecule has 0 saturated heterocycles. The van der Waals surface area contributed by atoms with Crippen LogP contribution in [0.3, 0.4) is 0 Å². The maximum atomic E-state index is 13.1. The van der Waals surface area contributed by atoms with Crippen LogP contribution in [0.25, 0.3) is 11.0 Å². The Morgan fingerprint density at radius 1 is 0.767 bits per heavy atom. The molecule has 1 aromatic heterocycles. The van der Waals surface area contributed by atoms with Crippen molar-refractivity contribution in [1.82, 2.24) is 0 Å². The molecule has 0 spiro atoms. The number of para-hydroxylation sites is 1. The van der Waals surface area contributed by atoms with E-state index in [2.05, 4.69) is 26.1 Å². The smallest absolute Gasteiger partial charge is 0.255 e. The molecule has 0 aliphatic carbocycles. The van der Waals surface area contributed by atoms with Gasteiger partial charge in [0.2, 0.25) is 5.78 Å². The first-order valence-electron chi connectivity index (χ1n) is 9.88. The lowest BCUT2D eigenvalue weighted by molar-refractivity contribution is 0.101. The number of benzene rings is 3. The normalized spacial score (nSPS) is 11.4. The van der Waals surface area contributed by atoms with Gasteiger partial charge in [-0.25, -0.2) is 0 Å². The summed E-state index contributed by atoms with van der Waals surface area (Å²) in [6.07, 6.45) is 0. The van der Waals surface area contributed by atoms with Crippen molar-refractivity contribution in [3.05, 3.63) is 101 Å². The SMILES string of the molecule is CC(C)(C)c1ccc(C(=O)Nc2c(C(=O)c3ccccc3)oc3ccccc23)cc1. The summed E-state index contributed by atoms with van der Waals surface area (Å²) in [5.41, 5.74) is 3.12. The fourth-order valence-electron chi connectivity index (χ4n) is 3.36. The highest BCUT2D eigenvalue weighted by Crippen LogP contribution is 2.33. The molecular formula is C26H23NO3. The van der Waals surface area contributed by atoms with E-state index in [0.717, 1.165) is 5.56 Å². The van der Waals surface area contributed by atoms with Gasteiger partial charge < -0.3 is 9.73 Å². The number of rotatable bonds is 4. The summed E-state index contributed by atoms with van der Waals surface area (Å²) >= 11 is 0. The number of hydrogen-bond acceptors (Lipinski definition) is 3. The minimum Gasteiger partial charge on any atom is -0.450 e. The number of anilines is 1. The molecule has 0 atom stereocenters. The van der Waals surface area contributed by atoms with Crippen LogP contribution in [-0.4, -0.2) is 11.7 Å². The molecule has 4 rings (SSSR count). The molecule has 1 N–H and O–H groups in total. The summed E-state index contributed by atoms with van der Waals surface area (Å²) in [5.74, 6) is -0.434. The van der Waals surface area contributed by atoms with Gasteiger partial charge in [-0.3, -0.25) is 9.59 Å². The minimum absolute atomic E-state index is 0.00500. The predicted molar refractivity (Wildman–Crippen MR) is 119 cm³/mol. The predicted octanol–water partition coefficient (Wildman–Crippen LogP) is 6.21. The van der Waals surface area contributed by atoms with Gasteiger partial charge in [-0.05, 0) is 35.2 Å². The van der Waals surface area contributed by atoms with Gasteiger partial charge in [0.05, 0.1) is 5.69 Å². The van der Waals surface area contributed by atoms with E-state index in [-0.39, 0.29) is 22.9 Å². The van der Waals surface area contributed by atoms with E-state index in [1.165, 1.54) is 0 Å². The highest BCUT2D eigenvalue weighted by molar-refractivity contribution is 6.18. The van der Waals surface area contributed by atoms with Crippen LogP contribution in [0.2, 0.25) is 0 Å². The Balaban J connectivity index is 1.71. The van der Waals surface area contributed by atoms with E-state index in [1.54, 1.807) is 42.5 Å². The van der Waals surface area contributed by atoms with Gasteiger partial charge in [-0.15, -0.1) is 0 Å². The van der Waals surface area contributed by atoms with Gasteiger partial charge in [-0.2, -0.15) is 0 Å². The zero-order valence-corrected chi connectivity index (χ0v) is 17.2. The zero-order valence-electron chi connectivity index (χ0n) is 17.2. The number of ketones is 1. The molecule has 0 bridgehead atoms. The van der Waals surface area contributed by atoms with E-state index >= 15 is 0 Å². The number of carbonyl (C=O) groups excluding carboxylic acids is 2. The van der Waals surface area contributed by atoms with E-state index < -0.39 is 0 Å². The van der Waals surface area contributed by atoms with Crippen molar-refractivity contribution in [1.29, 1.82) is 0 Å². The van der Waals surface area contributed by atoms with Gasteiger partial charge in [0.15, 0.2) is 5.76 Å². The third kappa shape index (κ3) is 3.77. The Labute approximate surface area is 175 Å². The highest BCUT2D eigenvalue weighted by Gasteiger charge is 2.24. The molecule has 4 aromatic rings.